The van der Waals surface area contributed by atoms with Gasteiger partial charge in [-0.25, -0.2) is 0 Å². The van der Waals surface area contributed by atoms with Crippen molar-refractivity contribution in [3.8, 4) is 0 Å². The molecule has 2 amide bonds. The maximum atomic E-state index is 14.7. The summed E-state index contributed by atoms with van der Waals surface area (Å²) < 4.78 is 6.00. The van der Waals surface area contributed by atoms with Gasteiger partial charge in [-0.3, -0.25) is 9.59 Å². The van der Waals surface area contributed by atoms with Crippen molar-refractivity contribution in [2.75, 3.05) is 13.1 Å². The second kappa shape index (κ2) is 16.6. The molecular formula is C37H47BrN2O2S4. The molecule has 0 aromatic carbocycles. The summed E-state index contributed by atoms with van der Waals surface area (Å²) in [4.78, 5) is 34.9. The normalized spacial score (nSPS) is 16.1. The van der Waals surface area contributed by atoms with Crippen molar-refractivity contribution in [2.24, 2.45) is 11.8 Å². The number of hydrogen-bond acceptors (Lipinski definition) is 6. The van der Waals surface area contributed by atoms with Gasteiger partial charge in [0.25, 0.3) is 5.91 Å². The molecule has 1 aliphatic heterocycles. The molecule has 2 atom stereocenters. The van der Waals surface area contributed by atoms with Crippen LogP contribution >= 0.6 is 61.3 Å². The Balaban J connectivity index is 1.56. The first-order valence-corrected chi connectivity index (χ1v) is 21.0. The van der Waals surface area contributed by atoms with Crippen molar-refractivity contribution in [2.45, 2.75) is 98.8 Å². The summed E-state index contributed by atoms with van der Waals surface area (Å²) in [5.41, 5.74) is 2.38. The standard InChI is InChI=1S/C37H47BrN2O2S4/c1-6-8-10-12-14-24(3)21-39(23-41)36(34-19-31-30(45-34)16-26(5)43-31)27-17-28(29-18-32-33(44-29)20-35(38)46-32)40(37(27)42)22-25(4)15-13-11-9-7-2/h16-20,23-25H,6-15,21-22H2,1-5H3. The van der Waals surface area contributed by atoms with Crippen molar-refractivity contribution in [3.63, 3.8) is 0 Å². The van der Waals surface area contributed by atoms with E-state index in [1.54, 1.807) is 45.3 Å². The largest absolute Gasteiger partial charge is 0.313 e. The number of amides is 2. The molecule has 0 saturated carbocycles. The van der Waals surface area contributed by atoms with E-state index in [0.717, 1.165) is 44.2 Å². The third kappa shape index (κ3) is 8.43. The molecule has 0 bridgehead atoms. The van der Waals surface area contributed by atoms with E-state index in [1.165, 1.54) is 75.0 Å². The van der Waals surface area contributed by atoms with Gasteiger partial charge >= 0.3 is 0 Å². The Hall–Kier alpha value is -1.78. The lowest BCUT2D eigenvalue weighted by Gasteiger charge is -2.26. The highest BCUT2D eigenvalue weighted by Gasteiger charge is 2.35. The van der Waals surface area contributed by atoms with E-state index < -0.39 is 0 Å². The van der Waals surface area contributed by atoms with Gasteiger partial charge in [-0.05, 0) is 77.9 Å². The minimum Gasteiger partial charge on any atom is -0.313 e. The van der Waals surface area contributed by atoms with Gasteiger partial charge in [0.15, 0.2) is 0 Å². The highest BCUT2D eigenvalue weighted by atomic mass is 79.9. The molecular weight excluding hydrogens is 713 g/mol. The van der Waals surface area contributed by atoms with E-state index in [2.05, 4.69) is 80.9 Å². The third-order valence-corrected chi connectivity index (χ3v) is 13.8. The van der Waals surface area contributed by atoms with Crippen molar-refractivity contribution in [1.82, 2.24) is 9.80 Å². The first-order chi connectivity index (χ1) is 22.2. The first-order valence-electron chi connectivity index (χ1n) is 16.9. The summed E-state index contributed by atoms with van der Waals surface area (Å²) >= 11 is 10.6. The number of carbonyl (C=O) groups excluding carboxylic acids is 2. The fourth-order valence-corrected chi connectivity index (χ4v) is 11.8. The van der Waals surface area contributed by atoms with E-state index >= 15 is 0 Å². The minimum absolute atomic E-state index is 0.0127. The Labute approximate surface area is 299 Å². The highest BCUT2D eigenvalue weighted by molar-refractivity contribution is 9.11. The van der Waals surface area contributed by atoms with E-state index in [9.17, 15) is 9.59 Å². The van der Waals surface area contributed by atoms with E-state index in [-0.39, 0.29) is 5.91 Å². The van der Waals surface area contributed by atoms with Crippen LogP contribution in [0.15, 0.2) is 39.7 Å². The monoisotopic (exact) mass is 758 g/mol. The number of rotatable bonds is 18. The Kier molecular flexibility index (Phi) is 12.8. The molecule has 0 saturated heterocycles. The van der Waals surface area contributed by atoms with Crippen molar-refractivity contribution >= 4 is 104 Å². The van der Waals surface area contributed by atoms with Gasteiger partial charge in [0, 0.05) is 36.8 Å². The molecule has 4 nitrogen and oxygen atoms in total. The van der Waals surface area contributed by atoms with Gasteiger partial charge in [-0.15, -0.1) is 45.3 Å². The number of fused-ring (bicyclic) bond motifs is 2. The van der Waals surface area contributed by atoms with Crippen LogP contribution in [0.4, 0.5) is 0 Å². The summed E-state index contributed by atoms with van der Waals surface area (Å²) in [5, 5.41) is 0. The molecule has 0 aliphatic carbocycles. The molecule has 5 rings (SSSR count). The Morgan fingerprint density at radius 1 is 0.848 bits per heavy atom. The molecule has 9 heteroatoms. The number of aryl methyl sites for hydroxylation is 1. The molecule has 0 fully saturated rings. The Morgan fingerprint density at radius 2 is 1.50 bits per heavy atom. The predicted molar refractivity (Wildman–Crippen MR) is 207 cm³/mol. The van der Waals surface area contributed by atoms with Crippen LogP contribution in [0.25, 0.3) is 30.2 Å². The topological polar surface area (TPSA) is 40.6 Å². The third-order valence-electron chi connectivity index (χ3n) is 8.81. The molecule has 5 heterocycles. The van der Waals surface area contributed by atoms with Crippen molar-refractivity contribution in [1.29, 1.82) is 0 Å². The first kappa shape index (κ1) is 35.5. The number of hydrogen-bond donors (Lipinski definition) is 0. The van der Waals surface area contributed by atoms with Crippen LogP contribution in [-0.2, 0) is 9.59 Å². The second-order valence-electron chi connectivity index (χ2n) is 13.0. The van der Waals surface area contributed by atoms with E-state index in [4.69, 9.17) is 0 Å². The van der Waals surface area contributed by atoms with Crippen LogP contribution < -0.4 is 0 Å². The molecule has 46 heavy (non-hydrogen) atoms. The molecule has 0 spiro atoms. The van der Waals surface area contributed by atoms with Crippen molar-refractivity contribution in [3.05, 3.63) is 54.3 Å². The van der Waals surface area contributed by atoms with Gasteiger partial charge in [-0.2, -0.15) is 0 Å². The zero-order valence-corrected chi connectivity index (χ0v) is 32.7. The summed E-state index contributed by atoms with van der Waals surface area (Å²) in [6, 6.07) is 8.82. The number of unbranched alkanes of at least 4 members (excludes halogenated alkanes) is 6. The lowest BCUT2D eigenvalue weighted by atomic mass is 10.0. The molecule has 4 aromatic heterocycles. The molecule has 1 aliphatic rings. The fourth-order valence-electron chi connectivity index (χ4n) is 6.38. The van der Waals surface area contributed by atoms with Gasteiger partial charge in [0.05, 0.1) is 30.5 Å². The minimum atomic E-state index is 0.0127. The van der Waals surface area contributed by atoms with Crippen LogP contribution in [0, 0.1) is 18.8 Å². The number of halogens is 1. The summed E-state index contributed by atoms with van der Waals surface area (Å²) in [5.74, 6) is 0.726. The van der Waals surface area contributed by atoms with Gasteiger partial charge < -0.3 is 9.80 Å². The fraction of sp³-hybridized carbons (Fsp3) is 0.514. The zero-order valence-electron chi connectivity index (χ0n) is 27.8. The summed E-state index contributed by atoms with van der Waals surface area (Å²) in [6.45, 7) is 12.4. The average Bonchev–Trinajstić information content (AvgIpc) is 3.81. The highest BCUT2D eigenvalue weighted by Crippen LogP contribution is 2.45. The Morgan fingerprint density at radius 3 is 2.15 bits per heavy atom. The van der Waals surface area contributed by atoms with Crippen LogP contribution in [0.5, 0.6) is 0 Å². The SMILES string of the molecule is CCCCCCC(C)CN(C=O)C(=C1C=C(c2cc3sc(Br)cc3s2)N(CC(C)CCCCCC)C1=O)c1cc2sc(C)cc2s1. The predicted octanol–water partition coefficient (Wildman–Crippen LogP) is 12.6. The van der Waals surface area contributed by atoms with Gasteiger partial charge in [0.2, 0.25) is 6.41 Å². The molecule has 2 unspecified atom stereocenters. The maximum Gasteiger partial charge on any atom is 0.260 e. The number of carbonyl (C=O) groups is 2. The van der Waals surface area contributed by atoms with Gasteiger partial charge in [-0.1, -0.05) is 79.1 Å². The molecule has 248 valence electrons. The second-order valence-corrected chi connectivity index (χ2v) is 18.9. The molecule has 0 N–H and O–H groups in total. The lowest BCUT2D eigenvalue weighted by Crippen LogP contribution is -2.32. The maximum absolute atomic E-state index is 14.7. The molecule has 4 aromatic rings. The molecule has 0 radical (unpaired) electrons. The smallest absolute Gasteiger partial charge is 0.260 e. The number of thiophene rings is 4. The average molecular weight is 760 g/mol. The summed E-state index contributed by atoms with van der Waals surface area (Å²) in [6.07, 6.45) is 15.0. The van der Waals surface area contributed by atoms with Gasteiger partial charge in [0.1, 0.15) is 0 Å². The van der Waals surface area contributed by atoms with Crippen LogP contribution in [0.2, 0.25) is 0 Å². The van der Waals surface area contributed by atoms with Crippen LogP contribution in [-0.4, -0.2) is 35.2 Å². The Bertz CT molecular complexity index is 1640. The number of nitrogens with zero attached hydrogens (tertiary/aromatic N) is 2. The van der Waals surface area contributed by atoms with Crippen LogP contribution in [0.1, 0.15) is 107 Å². The lowest BCUT2D eigenvalue weighted by molar-refractivity contribution is -0.123. The van der Waals surface area contributed by atoms with E-state index in [1.807, 2.05) is 9.80 Å². The summed E-state index contributed by atoms with van der Waals surface area (Å²) in [7, 11) is 0. The zero-order chi connectivity index (χ0) is 32.8. The van der Waals surface area contributed by atoms with Crippen LogP contribution in [0.3, 0.4) is 0 Å². The van der Waals surface area contributed by atoms with Crippen molar-refractivity contribution < 1.29 is 9.59 Å². The quantitative estimate of drug-likeness (QED) is 0.0576. The van der Waals surface area contributed by atoms with E-state index in [0.29, 0.717) is 30.5 Å².